The summed E-state index contributed by atoms with van der Waals surface area (Å²) in [6.07, 6.45) is 0. The van der Waals surface area contributed by atoms with Gasteiger partial charge in [-0.05, 0) is 17.7 Å². The van der Waals surface area contributed by atoms with Gasteiger partial charge in [-0.2, -0.15) is 0 Å². The van der Waals surface area contributed by atoms with E-state index >= 15 is 0 Å². The van der Waals surface area contributed by atoms with Crippen LogP contribution in [0.15, 0.2) is 23.4 Å². The molecule has 2 aliphatic rings. The van der Waals surface area contributed by atoms with Gasteiger partial charge in [-0.25, -0.2) is 4.79 Å². The maximum Gasteiger partial charge on any atom is 0.319 e. The fraction of sp³-hybridized carbons (Fsp3) is 0.375. The van der Waals surface area contributed by atoms with Crippen LogP contribution < -0.4 is 24.8 Å². The molecule has 2 N–H and O–H groups in total. The van der Waals surface area contributed by atoms with Crippen LogP contribution in [-0.4, -0.2) is 51.8 Å². The summed E-state index contributed by atoms with van der Waals surface area (Å²) in [5.74, 6) is 1.24. The first-order valence-corrected chi connectivity index (χ1v) is 7.36. The van der Waals surface area contributed by atoms with Crippen molar-refractivity contribution < 1.29 is 23.8 Å². The van der Waals surface area contributed by atoms with Gasteiger partial charge in [-0.3, -0.25) is 4.79 Å². The van der Waals surface area contributed by atoms with E-state index in [1.165, 1.54) is 21.3 Å². The van der Waals surface area contributed by atoms with Crippen molar-refractivity contribution in [2.45, 2.75) is 6.04 Å². The van der Waals surface area contributed by atoms with Crippen LogP contribution in [0.25, 0.3) is 0 Å². The van der Waals surface area contributed by atoms with Gasteiger partial charge in [0.05, 0.1) is 45.2 Å². The van der Waals surface area contributed by atoms with Crippen LogP contribution in [-0.2, 0) is 4.79 Å². The van der Waals surface area contributed by atoms with Crippen molar-refractivity contribution in [3.63, 3.8) is 0 Å². The molecule has 0 spiro atoms. The summed E-state index contributed by atoms with van der Waals surface area (Å²) in [7, 11) is 6.24. The molecule has 0 saturated heterocycles. The Balaban J connectivity index is 2.12. The van der Waals surface area contributed by atoms with E-state index in [2.05, 4.69) is 10.6 Å². The lowest BCUT2D eigenvalue weighted by molar-refractivity contribution is -0.124. The second-order valence-corrected chi connectivity index (χ2v) is 5.54. The van der Waals surface area contributed by atoms with Gasteiger partial charge in [-0.15, -0.1) is 0 Å². The van der Waals surface area contributed by atoms with Gasteiger partial charge in [0, 0.05) is 7.05 Å². The number of hydrogen-bond acceptors (Lipinski definition) is 5. The number of likely N-dealkylation sites (N-methyl/N-ethyl adjacent to an activating group) is 1. The highest BCUT2D eigenvalue weighted by atomic mass is 16.5. The Morgan fingerprint density at radius 2 is 1.71 bits per heavy atom. The van der Waals surface area contributed by atoms with Gasteiger partial charge in [0.1, 0.15) is 0 Å². The number of ether oxygens (including phenoxy) is 3. The number of nitrogens with one attached hydrogen (secondary N) is 2. The number of rotatable bonds is 4. The summed E-state index contributed by atoms with van der Waals surface area (Å²) >= 11 is 0. The highest BCUT2D eigenvalue weighted by molar-refractivity contribution is 6.01. The number of carbonyl (C=O) groups excluding carboxylic acids is 2. The molecule has 2 heterocycles. The highest BCUT2D eigenvalue weighted by Gasteiger charge is 2.39. The van der Waals surface area contributed by atoms with Crippen molar-refractivity contribution in [3.05, 3.63) is 29.0 Å². The van der Waals surface area contributed by atoms with E-state index < -0.39 is 6.04 Å². The van der Waals surface area contributed by atoms with E-state index in [0.717, 1.165) is 0 Å². The second kappa shape index (κ2) is 5.95. The zero-order valence-electron chi connectivity index (χ0n) is 13.9. The predicted molar refractivity (Wildman–Crippen MR) is 85.2 cm³/mol. The lowest BCUT2D eigenvalue weighted by Crippen LogP contribution is -2.44. The Hall–Kier alpha value is -2.90. The fourth-order valence-electron chi connectivity index (χ4n) is 3.03. The number of carbonyl (C=O) groups is 2. The van der Waals surface area contributed by atoms with E-state index in [-0.39, 0.29) is 11.9 Å². The number of nitrogens with zero attached hydrogens (tertiary/aromatic N) is 1. The molecular formula is C16H19N3O5. The first-order chi connectivity index (χ1) is 11.5. The molecule has 1 aromatic rings. The number of hydrogen-bond donors (Lipinski definition) is 2. The maximum atomic E-state index is 12.5. The number of methoxy groups -OCH3 is 3. The standard InChI is InChI=1S/C16H19N3O5/c1-19-7-9-12(15(19)20)13(18-16(21)17-9)8-5-10(22-2)14(24-4)11(6-8)23-3/h5-6,13H,7H2,1-4H3,(H2,17,18,21)/t13-/m0/s1. The molecule has 0 unspecified atom stereocenters. The average molecular weight is 333 g/mol. The molecule has 128 valence electrons. The van der Waals surface area contributed by atoms with Crippen LogP contribution in [0.1, 0.15) is 11.6 Å². The molecule has 8 nitrogen and oxygen atoms in total. The van der Waals surface area contributed by atoms with Crippen LogP contribution >= 0.6 is 0 Å². The average Bonchev–Trinajstić information content (AvgIpc) is 2.86. The molecule has 0 bridgehead atoms. The molecule has 1 atom stereocenters. The van der Waals surface area contributed by atoms with Crippen molar-refractivity contribution in [1.82, 2.24) is 15.5 Å². The largest absolute Gasteiger partial charge is 0.493 e. The van der Waals surface area contributed by atoms with Crippen LogP contribution in [0.3, 0.4) is 0 Å². The Kier molecular flexibility index (Phi) is 3.96. The van der Waals surface area contributed by atoms with Gasteiger partial charge < -0.3 is 29.7 Å². The summed E-state index contributed by atoms with van der Waals surface area (Å²) in [6.45, 7) is 0.377. The first-order valence-electron chi connectivity index (χ1n) is 7.36. The Morgan fingerprint density at radius 3 is 2.25 bits per heavy atom. The summed E-state index contributed by atoms with van der Waals surface area (Å²) in [6, 6.07) is 2.53. The minimum absolute atomic E-state index is 0.128. The van der Waals surface area contributed by atoms with Gasteiger partial charge in [0.2, 0.25) is 5.75 Å². The van der Waals surface area contributed by atoms with Crippen molar-refractivity contribution in [2.24, 2.45) is 0 Å². The fourth-order valence-corrected chi connectivity index (χ4v) is 3.03. The predicted octanol–water partition coefficient (Wildman–Crippen LogP) is 0.792. The van der Waals surface area contributed by atoms with Crippen LogP contribution in [0.4, 0.5) is 4.79 Å². The lowest BCUT2D eigenvalue weighted by atomic mass is 9.95. The number of amides is 3. The van der Waals surface area contributed by atoms with E-state index in [1.807, 2.05) is 0 Å². The van der Waals surface area contributed by atoms with Crippen molar-refractivity contribution in [1.29, 1.82) is 0 Å². The highest BCUT2D eigenvalue weighted by Crippen LogP contribution is 2.42. The van der Waals surface area contributed by atoms with Crippen molar-refractivity contribution in [2.75, 3.05) is 34.9 Å². The number of benzene rings is 1. The van der Waals surface area contributed by atoms with Crippen LogP contribution in [0.2, 0.25) is 0 Å². The molecule has 3 amide bonds. The number of urea groups is 1. The molecule has 0 fully saturated rings. The lowest BCUT2D eigenvalue weighted by Gasteiger charge is -2.26. The zero-order valence-corrected chi connectivity index (χ0v) is 13.9. The van der Waals surface area contributed by atoms with Crippen LogP contribution in [0, 0.1) is 0 Å². The summed E-state index contributed by atoms with van der Waals surface area (Å²) in [5.41, 5.74) is 1.81. The first kappa shape index (κ1) is 16.0. The normalized spacial score (nSPS) is 19.7. The van der Waals surface area contributed by atoms with Crippen LogP contribution in [0.5, 0.6) is 17.2 Å². The molecule has 0 saturated carbocycles. The molecule has 0 aromatic heterocycles. The van der Waals surface area contributed by atoms with Crippen molar-refractivity contribution >= 4 is 11.9 Å². The van der Waals surface area contributed by atoms with Gasteiger partial charge in [-0.1, -0.05) is 0 Å². The van der Waals surface area contributed by atoms with Crippen molar-refractivity contribution in [3.8, 4) is 17.2 Å². The zero-order chi connectivity index (χ0) is 17.4. The van der Waals surface area contributed by atoms with Gasteiger partial charge >= 0.3 is 6.03 Å². The second-order valence-electron chi connectivity index (χ2n) is 5.54. The summed E-state index contributed by atoms with van der Waals surface area (Å²) < 4.78 is 16.0. The maximum absolute atomic E-state index is 12.5. The summed E-state index contributed by atoms with van der Waals surface area (Å²) in [5, 5.41) is 5.49. The van der Waals surface area contributed by atoms with E-state index in [0.29, 0.717) is 40.6 Å². The smallest absolute Gasteiger partial charge is 0.319 e. The third kappa shape index (κ3) is 2.40. The topological polar surface area (TPSA) is 89.1 Å². The Bertz CT molecular complexity index is 718. The van der Waals surface area contributed by atoms with Gasteiger partial charge in [0.25, 0.3) is 5.91 Å². The van der Waals surface area contributed by atoms with E-state index in [4.69, 9.17) is 14.2 Å². The third-order valence-corrected chi connectivity index (χ3v) is 4.15. The molecule has 24 heavy (non-hydrogen) atoms. The minimum atomic E-state index is -0.583. The molecule has 3 rings (SSSR count). The molecule has 8 heteroatoms. The molecular weight excluding hydrogens is 314 g/mol. The third-order valence-electron chi connectivity index (χ3n) is 4.15. The summed E-state index contributed by atoms with van der Waals surface area (Å²) in [4.78, 5) is 26.0. The SMILES string of the molecule is COc1cc([C@@H]2NC(=O)NC3=C2C(=O)N(C)C3)cc(OC)c1OC. The van der Waals surface area contributed by atoms with E-state index in [1.54, 1.807) is 24.1 Å². The molecule has 0 radical (unpaired) electrons. The molecule has 2 aliphatic heterocycles. The monoisotopic (exact) mass is 333 g/mol. The molecule has 1 aromatic carbocycles. The Morgan fingerprint density at radius 1 is 1.08 bits per heavy atom. The Labute approximate surface area is 139 Å². The quantitative estimate of drug-likeness (QED) is 0.850. The van der Waals surface area contributed by atoms with Gasteiger partial charge in [0.15, 0.2) is 11.5 Å². The van der Waals surface area contributed by atoms with E-state index in [9.17, 15) is 9.59 Å². The minimum Gasteiger partial charge on any atom is -0.493 e. The molecule has 0 aliphatic carbocycles.